The van der Waals surface area contributed by atoms with Gasteiger partial charge >= 0.3 is 0 Å². The van der Waals surface area contributed by atoms with Crippen LogP contribution in [-0.4, -0.2) is 26.2 Å². The van der Waals surface area contributed by atoms with Crippen molar-refractivity contribution >= 4 is 22.9 Å². The number of hydrogen-bond donors (Lipinski definition) is 0. The Labute approximate surface area is 269 Å². The minimum absolute atomic E-state index is 0. The third kappa shape index (κ3) is 13.3. The van der Waals surface area contributed by atoms with Crippen molar-refractivity contribution in [2.45, 2.75) is 104 Å². The fourth-order valence-electron chi connectivity index (χ4n) is 5.17. The number of anilines is 1. The molecule has 0 N–H and O–H groups in total. The van der Waals surface area contributed by atoms with E-state index in [0.717, 1.165) is 42.1 Å². The normalized spacial score (nSPS) is 10.7. The first kappa shape index (κ1) is 35.8. The zero-order chi connectivity index (χ0) is 29.1. The maximum Gasteiger partial charge on any atom is 0.224 e. The molecule has 42 heavy (non-hydrogen) atoms. The van der Waals surface area contributed by atoms with Gasteiger partial charge in [0, 0.05) is 24.7 Å². The number of rotatable bonds is 21. The fourth-order valence-corrected chi connectivity index (χ4v) is 5.76. The monoisotopic (exact) mass is 658 g/mol. The molecule has 0 saturated heterocycles. The third-order valence-corrected chi connectivity index (χ3v) is 8.30. The summed E-state index contributed by atoms with van der Waals surface area (Å²) >= 11 is 1.68. The molecule has 0 unspecified atom stereocenters. The van der Waals surface area contributed by atoms with Gasteiger partial charge in [0.05, 0.1) is 19.1 Å². The Bertz CT molecular complexity index is 1120. The molecule has 3 rings (SSSR count). The van der Waals surface area contributed by atoms with Gasteiger partial charge in [-0.1, -0.05) is 107 Å². The predicted molar refractivity (Wildman–Crippen MR) is 171 cm³/mol. The minimum Gasteiger partial charge on any atom is -1.00 e. The largest absolute Gasteiger partial charge is 1.00 e. The minimum atomic E-state index is 0. The second-order valence-electron chi connectivity index (χ2n) is 11.0. The standard InChI is InChI=1S/C35H51N2O3S.BrH/c1-4-5-6-7-8-9-10-11-12-13-14-15-25-40-34-21-18-31(27-35(34)39-3)22-23-37(30(2)38)33-19-16-32(17-20-33)28-36-24-26-41-29-36;/h16-21,24,26-27,29H,4-15,22-23,25,28H2,1-3H3;1H/q+1;/p-1. The van der Waals surface area contributed by atoms with E-state index in [-0.39, 0.29) is 22.9 Å². The van der Waals surface area contributed by atoms with Gasteiger partial charge < -0.3 is 31.4 Å². The van der Waals surface area contributed by atoms with Crippen LogP contribution in [0.4, 0.5) is 5.69 Å². The molecule has 0 atom stereocenters. The number of aromatic nitrogens is 1. The van der Waals surface area contributed by atoms with Crippen molar-refractivity contribution < 1.29 is 35.8 Å². The van der Waals surface area contributed by atoms with Crippen LogP contribution in [0.25, 0.3) is 0 Å². The molecule has 5 nitrogen and oxygen atoms in total. The van der Waals surface area contributed by atoms with Crippen LogP contribution in [0, 0.1) is 0 Å². The van der Waals surface area contributed by atoms with Gasteiger partial charge in [0.15, 0.2) is 24.2 Å². The summed E-state index contributed by atoms with van der Waals surface area (Å²) < 4.78 is 13.9. The van der Waals surface area contributed by atoms with E-state index < -0.39 is 0 Å². The Balaban J connectivity index is 0.00000616. The highest BCUT2D eigenvalue weighted by Gasteiger charge is 2.14. The predicted octanol–water partition coefficient (Wildman–Crippen LogP) is 5.77. The Kier molecular flexibility index (Phi) is 18.2. The molecule has 0 aliphatic heterocycles. The van der Waals surface area contributed by atoms with E-state index in [1.807, 2.05) is 29.2 Å². The van der Waals surface area contributed by atoms with Crippen LogP contribution >= 0.6 is 11.3 Å². The van der Waals surface area contributed by atoms with E-state index in [1.54, 1.807) is 25.4 Å². The summed E-state index contributed by atoms with van der Waals surface area (Å²) in [7, 11) is 1.69. The molecule has 0 fully saturated rings. The van der Waals surface area contributed by atoms with Crippen molar-refractivity contribution in [2.24, 2.45) is 0 Å². The number of amides is 1. The van der Waals surface area contributed by atoms with Crippen molar-refractivity contribution in [2.75, 3.05) is 25.2 Å². The first-order valence-corrected chi connectivity index (χ1v) is 16.6. The number of thiazole rings is 1. The van der Waals surface area contributed by atoms with Crippen LogP contribution in [0.1, 0.15) is 102 Å². The molecule has 0 spiro atoms. The summed E-state index contributed by atoms with van der Waals surface area (Å²) in [5.74, 6) is 1.59. The van der Waals surface area contributed by atoms with Gasteiger partial charge in [0.25, 0.3) is 0 Å². The number of methoxy groups -OCH3 is 1. The van der Waals surface area contributed by atoms with Gasteiger partial charge in [0.2, 0.25) is 11.4 Å². The molecule has 232 valence electrons. The van der Waals surface area contributed by atoms with Gasteiger partial charge in [-0.25, -0.2) is 0 Å². The average Bonchev–Trinajstić information content (AvgIpc) is 3.49. The first-order chi connectivity index (χ1) is 20.1. The summed E-state index contributed by atoms with van der Waals surface area (Å²) in [6.45, 7) is 6.06. The molecule has 1 aromatic heterocycles. The van der Waals surface area contributed by atoms with E-state index in [9.17, 15) is 4.79 Å². The van der Waals surface area contributed by atoms with Gasteiger partial charge in [-0.2, -0.15) is 4.57 Å². The number of ether oxygens (including phenoxy) is 2. The highest BCUT2D eigenvalue weighted by molar-refractivity contribution is 7.07. The number of halogens is 1. The van der Waals surface area contributed by atoms with Crippen LogP contribution in [0.15, 0.2) is 59.6 Å². The summed E-state index contributed by atoms with van der Waals surface area (Å²) in [6, 6.07) is 14.4. The van der Waals surface area contributed by atoms with Crippen molar-refractivity contribution in [3.8, 4) is 11.5 Å². The zero-order valence-electron chi connectivity index (χ0n) is 26.0. The van der Waals surface area contributed by atoms with Crippen LogP contribution in [-0.2, 0) is 17.8 Å². The quantitative estimate of drug-likeness (QED) is 0.108. The number of carbonyl (C=O) groups excluding carboxylic acids is 1. The maximum absolute atomic E-state index is 12.5. The molecule has 0 radical (unpaired) electrons. The van der Waals surface area contributed by atoms with Gasteiger partial charge in [-0.05, 0) is 42.7 Å². The molecule has 0 aliphatic rings. The lowest BCUT2D eigenvalue weighted by Crippen LogP contribution is -3.00. The summed E-state index contributed by atoms with van der Waals surface area (Å²) in [6.07, 6.45) is 18.8. The SMILES string of the molecule is CCCCCCCCCCCCCCOc1ccc(CCN(C(C)=O)c2ccc(C[n+]3ccsc3)cc2)cc1OC.[Br-]. The molecule has 3 aromatic rings. The Morgan fingerprint density at radius 2 is 1.45 bits per heavy atom. The maximum atomic E-state index is 12.5. The Morgan fingerprint density at radius 1 is 0.833 bits per heavy atom. The topological polar surface area (TPSA) is 42.7 Å². The second kappa shape index (κ2) is 21.3. The van der Waals surface area contributed by atoms with Crippen LogP contribution in [0.2, 0.25) is 0 Å². The molecule has 7 heteroatoms. The van der Waals surface area contributed by atoms with Crippen LogP contribution in [0.5, 0.6) is 11.5 Å². The summed E-state index contributed by atoms with van der Waals surface area (Å²) in [5.41, 5.74) is 5.35. The molecule has 0 aliphatic carbocycles. The first-order valence-electron chi connectivity index (χ1n) is 15.7. The van der Waals surface area contributed by atoms with E-state index in [2.05, 4.69) is 46.8 Å². The lowest BCUT2D eigenvalue weighted by atomic mass is 10.1. The van der Waals surface area contributed by atoms with E-state index >= 15 is 0 Å². The molecule has 2 aromatic carbocycles. The lowest BCUT2D eigenvalue weighted by Gasteiger charge is -2.22. The number of hydrogen-bond acceptors (Lipinski definition) is 4. The molecular weight excluding hydrogens is 608 g/mol. The molecule has 0 bridgehead atoms. The second-order valence-corrected chi connectivity index (χ2v) is 11.8. The smallest absolute Gasteiger partial charge is 0.224 e. The lowest BCUT2D eigenvalue weighted by molar-refractivity contribution is -0.683. The fraction of sp³-hybridized carbons (Fsp3) is 0.543. The summed E-state index contributed by atoms with van der Waals surface area (Å²) in [4.78, 5) is 14.3. The van der Waals surface area contributed by atoms with Crippen molar-refractivity contribution in [3.05, 3.63) is 70.7 Å². The number of carbonyl (C=O) groups is 1. The number of benzene rings is 2. The van der Waals surface area contributed by atoms with E-state index in [0.29, 0.717) is 13.2 Å². The van der Waals surface area contributed by atoms with Crippen molar-refractivity contribution in [3.63, 3.8) is 0 Å². The van der Waals surface area contributed by atoms with Crippen LogP contribution in [0.3, 0.4) is 0 Å². The van der Waals surface area contributed by atoms with Gasteiger partial charge in [-0.15, -0.1) is 0 Å². The Hall–Kier alpha value is -2.38. The summed E-state index contributed by atoms with van der Waals surface area (Å²) in [5, 5.41) is 2.07. The number of unbranched alkanes of at least 4 members (excludes halogenated alkanes) is 11. The van der Waals surface area contributed by atoms with Gasteiger partial charge in [-0.3, -0.25) is 4.79 Å². The van der Waals surface area contributed by atoms with Crippen molar-refractivity contribution in [1.82, 2.24) is 0 Å². The number of nitrogens with zero attached hydrogens (tertiary/aromatic N) is 2. The molecule has 1 heterocycles. The Morgan fingerprint density at radius 3 is 2.02 bits per heavy atom. The molecular formula is C35H51BrN2O3S. The highest BCUT2D eigenvalue weighted by Crippen LogP contribution is 2.29. The zero-order valence-corrected chi connectivity index (χ0v) is 28.4. The van der Waals surface area contributed by atoms with Crippen LogP contribution < -0.4 is 35.9 Å². The van der Waals surface area contributed by atoms with E-state index in [1.165, 1.54) is 76.2 Å². The average molecular weight is 660 g/mol. The van der Waals surface area contributed by atoms with Gasteiger partial charge in [0.1, 0.15) is 0 Å². The van der Waals surface area contributed by atoms with E-state index in [4.69, 9.17) is 9.47 Å². The van der Waals surface area contributed by atoms with Crippen molar-refractivity contribution in [1.29, 1.82) is 0 Å². The highest BCUT2D eigenvalue weighted by atomic mass is 79.9. The third-order valence-electron chi connectivity index (χ3n) is 7.63. The molecule has 0 saturated carbocycles. The molecule has 1 amide bonds.